The minimum absolute atomic E-state index is 0.145. The highest BCUT2D eigenvalue weighted by Crippen LogP contribution is 2.37. The van der Waals surface area contributed by atoms with E-state index in [4.69, 9.17) is 20.8 Å². The molecule has 2 heterocycles. The number of rotatable bonds is 1. The van der Waals surface area contributed by atoms with Crippen molar-refractivity contribution in [1.82, 2.24) is 0 Å². The number of nitrogens with one attached hydrogen (secondary N) is 1. The van der Waals surface area contributed by atoms with Crippen molar-refractivity contribution in [3.05, 3.63) is 59.3 Å². The Morgan fingerprint density at radius 1 is 1.10 bits per heavy atom. The number of fused-ring (bicyclic) bond motifs is 2. The molecule has 1 aromatic heterocycles. The molecule has 1 N–H and O–H groups in total. The van der Waals surface area contributed by atoms with Gasteiger partial charge in [-0.3, -0.25) is 0 Å². The molecule has 4 rings (SSSR count). The number of hydrogen-bond acceptors (Lipinski definition) is 3. The Balaban J connectivity index is 1.70. The number of halogens is 1. The summed E-state index contributed by atoms with van der Waals surface area (Å²) in [6.07, 6.45) is -0.145. The molecule has 0 spiro atoms. The Hall–Kier alpha value is -2.13. The molecule has 100 valence electrons. The van der Waals surface area contributed by atoms with Gasteiger partial charge in [-0.15, -0.1) is 0 Å². The van der Waals surface area contributed by atoms with Gasteiger partial charge in [-0.1, -0.05) is 29.8 Å². The molecular formula is C16H12ClNO2. The van der Waals surface area contributed by atoms with Crippen LogP contribution in [0.1, 0.15) is 11.9 Å². The summed E-state index contributed by atoms with van der Waals surface area (Å²) < 4.78 is 11.8. The lowest BCUT2D eigenvalue weighted by Gasteiger charge is -2.26. The van der Waals surface area contributed by atoms with Crippen LogP contribution >= 0.6 is 11.6 Å². The van der Waals surface area contributed by atoms with Crippen molar-refractivity contribution in [3.8, 4) is 5.75 Å². The minimum Gasteiger partial charge on any atom is -0.478 e. The molecule has 2 aromatic carbocycles. The third kappa shape index (κ3) is 1.91. The lowest BCUT2D eigenvalue weighted by atomic mass is 10.2. The van der Waals surface area contributed by atoms with E-state index in [1.807, 2.05) is 48.5 Å². The molecule has 4 heteroatoms. The summed E-state index contributed by atoms with van der Waals surface area (Å²) in [5, 5.41) is 5.09. The van der Waals surface area contributed by atoms with Crippen LogP contribution in [-0.4, -0.2) is 6.54 Å². The van der Waals surface area contributed by atoms with Crippen LogP contribution in [-0.2, 0) is 0 Å². The predicted octanol–water partition coefficient (Wildman–Crippen LogP) is 4.63. The van der Waals surface area contributed by atoms with Crippen LogP contribution in [0.2, 0.25) is 5.02 Å². The van der Waals surface area contributed by atoms with Gasteiger partial charge >= 0.3 is 0 Å². The van der Waals surface area contributed by atoms with Gasteiger partial charge in [0.2, 0.25) is 0 Å². The highest BCUT2D eigenvalue weighted by Gasteiger charge is 2.24. The number of anilines is 1. The van der Waals surface area contributed by atoms with Crippen molar-refractivity contribution in [2.24, 2.45) is 0 Å². The molecule has 0 radical (unpaired) electrons. The quantitative estimate of drug-likeness (QED) is 0.708. The van der Waals surface area contributed by atoms with Gasteiger partial charge in [0.25, 0.3) is 0 Å². The first kappa shape index (κ1) is 11.7. The average molecular weight is 286 g/mol. The summed E-state index contributed by atoms with van der Waals surface area (Å²) in [6, 6.07) is 15.6. The van der Waals surface area contributed by atoms with E-state index in [1.54, 1.807) is 0 Å². The van der Waals surface area contributed by atoms with Crippen molar-refractivity contribution < 1.29 is 9.15 Å². The molecule has 1 atom stereocenters. The molecule has 0 amide bonds. The zero-order chi connectivity index (χ0) is 13.5. The van der Waals surface area contributed by atoms with E-state index in [9.17, 15) is 0 Å². The van der Waals surface area contributed by atoms with Gasteiger partial charge in [0.1, 0.15) is 17.1 Å². The van der Waals surface area contributed by atoms with E-state index < -0.39 is 0 Å². The molecule has 0 aliphatic carbocycles. The second-order valence-corrected chi connectivity index (χ2v) is 5.25. The van der Waals surface area contributed by atoms with E-state index in [0.717, 1.165) is 28.2 Å². The first-order valence-corrected chi connectivity index (χ1v) is 6.86. The minimum atomic E-state index is -0.145. The van der Waals surface area contributed by atoms with E-state index in [1.165, 1.54) is 0 Å². The molecule has 3 nitrogen and oxygen atoms in total. The monoisotopic (exact) mass is 285 g/mol. The molecule has 1 aliphatic heterocycles. The fourth-order valence-corrected chi connectivity index (χ4v) is 2.62. The molecule has 0 saturated carbocycles. The molecule has 3 aromatic rings. The van der Waals surface area contributed by atoms with Crippen LogP contribution in [0.5, 0.6) is 5.75 Å². The lowest BCUT2D eigenvalue weighted by Crippen LogP contribution is -2.23. The number of furan rings is 1. The SMILES string of the molecule is Clc1ccc2c(c1)OC(c1cc3ccccc3o1)CN2. The van der Waals surface area contributed by atoms with Gasteiger partial charge in [-0.05, 0) is 24.3 Å². The summed E-state index contributed by atoms with van der Waals surface area (Å²) in [5.74, 6) is 1.58. The van der Waals surface area contributed by atoms with E-state index in [-0.39, 0.29) is 6.10 Å². The van der Waals surface area contributed by atoms with Gasteiger partial charge in [0.05, 0.1) is 12.2 Å². The first-order chi connectivity index (χ1) is 9.79. The van der Waals surface area contributed by atoms with E-state index in [2.05, 4.69) is 5.32 Å². The molecule has 1 unspecified atom stereocenters. The maximum Gasteiger partial charge on any atom is 0.173 e. The van der Waals surface area contributed by atoms with Crippen LogP contribution in [0, 0.1) is 0 Å². The van der Waals surface area contributed by atoms with Crippen LogP contribution < -0.4 is 10.1 Å². The highest BCUT2D eigenvalue weighted by molar-refractivity contribution is 6.30. The van der Waals surface area contributed by atoms with Crippen LogP contribution in [0.4, 0.5) is 5.69 Å². The molecule has 0 fully saturated rings. The summed E-state index contributed by atoms with van der Waals surface area (Å²) in [6.45, 7) is 0.675. The Kier molecular flexibility index (Phi) is 2.60. The fourth-order valence-electron chi connectivity index (χ4n) is 2.46. The van der Waals surface area contributed by atoms with E-state index in [0.29, 0.717) is 11.6 Å². The van der Waals surface area contributed by atoms with Gasteiger partial charge in [-0.2, -0.15) is 0 Å². The molecule has 0 saturated heterocycles. The third-order valence-electron chi connectivity index (χ3n) is 3.45. The second-order valence-electron chi connectivity index (χ2n) is 4.81. The smallest absolute Gasteiger partial charge is 0.173 e. The number of benzene rings is 2. The maximum atomic E-state index is 6.00. The Bertz CT molecular complexity index is 748. The molecule has 0 bridgehead atoms. The van der Waals surface area contributed by atoms with Crippen molar-refractivity contribution in [3.63, 3.8) is 0 Å². The van der Waals surface area contributed by atoms with Gasteiger partial charge in [0, 0.05) is 16.5 Å². The summed E-state index contributed by atoms with van der Waals surface area (Å²) in [7, 11) is 0. The topological polar surface area (TPSA) is 34.4 Å². The van der Waals surface area contributed by atoms with Gasteiger partial charge in [-0.25, -0.2) is 0 Å². The largest absolute Gasteiger partial charge is 0.478 e. The van der Waals surface area contributed by atoms with Crippen LogP contribution in [0.25, 0.3) is 11.0 Å². The number of para-hydroxylation sites is 1. The Morgan fingerprint density at radius 2 is 2.00 bits per heavy atom. The van der Waals surface area contributed by atoms with E-state index >= 15 is 0 Å². The summed E-state index contributed by atoms with van der Waals surface area (Å²) in [4.78, 5) is 0. The van der Waals surface area contributed by atoms with Crippen molar-refractivity contribution >= 4 is 28.3 Å². The number of ether oxygens (including phenoxy) is 1. The van der Waals surface area contributed by atoms with Gasteiger partial charge in [0.15, 0.2) is 6.10 Å². The highest BCUT2D eigenvalue weighted by atomic mass is 35.5. The first-order valence-electron chi connectivity index (χ1n) is 6.48. The zero-order valence-electron chi connectivity index (χ0n) is 10.6. The maximum absolute atomic E-state index is 6.00. The van der Waals surface area contributed by atoms with Crippen LogP contribution in [0.3, 0.4) is 0 Å². The zero-order valence-corrected chi connectivity index (χ0v) is 11.4. The molecular weight excluding hydrogens is 274 g/mol. The molecule has 1 aliphatic rings. The van der Waals surface area contributed by atoms with Gasteiger partial charge < -0.3 is 14.5 Å². The van der Waals surface area contributed by atoms with Crippen molar-refractivity contribution in [2.75, 3.05) is 11.9 Å². The number of hydrogen-bond donors (Lipinski definition) is 1. The lowest BCUT2D eigenvalue weighted by molar-refractivity contribution is 0.183. The Labute approximate surface area is 121 Å². The predicted molar refractivity (Wildman–Crippen MR) is 79.5 cm³/mol. The van der Waals surface area contributed by atoms with Crippen molar-refractivity contribution in [1.29, 1.82) is 0 Å². The fraction of sp³-hybridized carbons (Fsp3) is 0.125. The Morgan fingerprint density at radius 3 is 2.90 bits per heavy atom. The van der Waals surface area contributed by atoms with Crippen molar-refractivity contribution in [2.45, 2.75) is 6.10 Å². The normalized spacial score (nSPS) is 17.4. The average Bonchev–Trinajstić information content (AvgIpc) is 2.90. The third-order valence-corrected chi connectivity index (χ3v) is 3.69. The summed E-state index contributed by atoms with van der Waals surface area (Å²) in [5.41, 5.74) is 1.84. The van der Waals surface area contributed by atoms with Crippen LogP contribution in [0.15, 0.2) is 52.9 Å². The standard InChI is InChI=1S/C16H12ClNO2/c17-11-5-6-12-14(8-11)20-16(9-18-12)15-7-10-3-1-2-4-13(10)19-15/h1-8,16,18H,9H2. The summed E-state index contributed by atoms with van der Waals surface area (Å²) >= 11 is 6.00. The molecule has 20 heavy (non-hydrogen) atoms. The second kappa shape index (κ2) is 4.46.